The first kappa shape index (κ1) is 9.19. The van der Waals surface area contributed by atoms with Crippen LogP contribution in [0.1, 0.15) is 5.56 Å². The third-order valence-corrected chi connectivity index (χ3v) is 3.83. The largest absolute Gasteiger partial charge is 0.242 e. The maximum atomic E-state index is 8.81. The summed E-state index contributed by atoms with van der Waals surface area (Å²) in [6.45, 7) is 0. The van der Waals surface area contributed by atoms with E-state index in [9.17, 15) is 0 Å². The zero-order valence-corrected chi connectivity index (χ0v) is 9.94. The Kier molecular flexibility index (Phi) is 2.41. The molecule has 2 heterocycles. The van der Waals surface area contributed by atoms with E-state index in [0.29, 0.717) is 10.7 Å². The van der Waals surface area contributed by atoms with Gasteiger partial charge in [-0.05, 0) is 28.7 Å². The number of nitriles is 1. The normalized spacial score (nSPS) is 10.2. The highest BCUT2D eigenvalue weighted by molar-refractivity contribution is 14.1. The molecule has 0 aliphatic carbocycles. The first-order valence-corrected chi connectivity index (χ1v) is 5.63. The van der Waals surface area contributed by atoms with E-state index >= 15 is 0 Å². The fraction of sp³-hybridized carbons (Fsp3) is 0. The maximum Gasteiger partial charge on any atom is 0.137 e. The minimum Gasteiger partial charge on any atom is -0.242 e. The molecule has 0 fully saturated rings. The molecule has 13 heavy (non-hydrogen) atoms. The van der Waals surface area contributed by atoms with Crippen LogP contribution < -0.4 is 0 Å². The number of hydrogen-bond donors (Lipinski definition) is 0. The van der Waals surface area contributed by atoms with E-state index in [0.717, 1.165) is 13.0 Å². The summed E-state index contributed by atoms with van der Waals surface area (Å²) in [5, 5.41) is 10.1. The van der Waals surface area contributed by atoms with Crippen molar-refractivity contribution in [2.75, 3.05) is 0 Å². The highest BCUT2D eigenvalue weighted by atomic mass is 127. The summed E-state index contributed by atoms with van der Waals surface area (Å²) >= 11 is 9.64. The molecule has 0 amide bonds. The Hall–Kier alpha value is -0.380. The summed E-state index contributed by atoms with van der Waals surface area (Å²) < 4.78 is 2.03. The van der Waals surface area contributed by atoms with Crippen molar-refractivity contribution < 1.29 is 0 Å². The lowest BCUT2D eigenvalue weighted by Gasteiger charge is -1.93. The molecule has 0 aliphatic rings. The molecule has 0 atom stereocenters. The van der Waals surface area contributed by atoms with Gasteiger partial charge in [-0.2, -0.15) is 5.26 Å². The molecule has 2 aromatic rings. The Labute approximate surface area is 97.3 Å². The molecule has 0 aromatic carbocycles. The third kappa shape index (κ3) is 1.52. The highest BCUT2D eigenvalue weighted by Gasteiger charge is 2.08. The van der Waals surface area contributed by atoms with Crippen LogP contribution >= 0.6 is 45.5 Å². The average molecular weight is 321 g/mol. The molecule has 5 heteroatoms. The Balaban J connectivity index is 2.94. The number of nitrogens with zero attached hydrogens (tertiary/aromatic N) is 2. The number of rotatable bonds is 0. The summed E-state index contributed by atoms with van der Waals surface area (Å²) in [6, 6.07) is 4.04. The summed E-state index contributed by atoms with van der Waals surface area (Å²) in [7, 11) is 0. The van der Waals surface area contributed by atoms with Gasteiger partial charge in [-0.1, -0.05) is 11.6 Å². The molecular formula is C8H2ClIN2S. The monoisotopic (exact) mass is 320 g/mol. The molecule has 0 radical (unpaired) electrons. The highest BCUT2D eigenvalue weighted by Crippen LogP contribution is 2.32. The van der Waals surface area contributed by atoms with Gasteiger partial charge in [0, 0.05) is 11.6 Å². The average Bonchev–Trinajstić information content (AvgIpc) is 2.48. The summed E-state index contributed by atoms with van der Waals surface area (Å²) in [5.41, 5.74) is 0.590. The van der Waals surface area contributed by atoms with Crippen LogP contribution in [0.5, 0.6) is 0 Å². The quantitative estimate of drug-likeness (QED) is 0.551. The van der Waals surface area contributed by atoms with Crippen molar-refractivity contribution in [2.24, 2.45) is 0 Å². The fourth-order valence-corrected chi connectivity index (χ4v) is 3.11. The first-order chi connectivity index (χ1) is 6.22. The Morgan fingerprint density at radius 2 is 2.38 bits per heavy atom. The van der Waals surface area contributed by atoms with Gasteiger partial charge in [-0.15, -0.1) is 11.3 Å². The fourth-order valence-electron chi connectivity index (χ4n) is 1.04. The Morgan fingerprint density at radius 1 is 1.62 bits per heavy atom. The number of aromatic nitrogens is 1. The van der Waals surface area contributed by atoms with E-state index in [2.05, 4.69) is 33.6 Å². The smallest absolute Gasteiger partial charge is 0.137 e. The number of pyridine rings is 1. The van der Waals surface area contributed by atoms with Crippen LogP contribution in [0.2, 0.25) is 5.15 Å². The Bertz CT molecular complexity index is 515. The van der Waals surface area contributed by atoms with Crippen molar-refractivity contribution in [2.45, 2.75) is 0 Å². The summed E-state index contributed by atoms with van der Waals surface area (Å²) in [5.74, 6) is 0. The van der Waals surface area contributed by atoms with E-state index < -0.39 is 0 Å². The number of halogens is 2. The van der Waals surface area contributed by atoms with Gasteiger partial charge in [-0.25, -0.2) is 4.98 Å². The predicted molar refractivity (Wildman–Crippen MR) is 62.1 cm³/mol. The number of hydrogen-bond acceptors (Lipinski definition) is 3. The molecule has 0 spiro atoms. The van der Waals surface area contributed by atoms with Crippen LogP contribution in [-0.2, 0) is 0 Å². The molecule has 2 nitrogen and oxygen atoms in total. The molecule has 0 aliphatic heterocycles. The van der Waals surface area contributed by atoms with E-state index in [1.54, 1.807) is 11.3 Å². The molecule has 2 aromatic heterocycles. The van der Waals surface area contributed by atoms with Gasteiger partial charge in [-0.3, -0.25) is 0 Å². The molecule has 0 unspecified atom stereocenters. The van der Waals surface area contributed by atoms with E-state index in [-0.39, 0.29) is 0 Å². The Morgan fingerprint density at radius 3 is 3.08 bits per heavy atom. The van der Waals surface area contributed by atoms with Crippen LogP contribution in [0, 0.1) is 14.2 Å². The van der Waals surface area contributed by atoms with Crippen LogP contribution in [0.4, 0.5) is 0 Å². The first-order valence-electron chi connectivity index (χ1n) is 3.36. The van der Waals surface area contributed by atoms with Gasteiger partial charge < -0.3 is 0 Å². The second-order valence-corrected chi connectivity index (χ2v) is 5.67. The molecule has 0 saturated carbocycles. The van der Waals surface area contributed by atoms with E-state index in [4.69, 9.17) is 16.9 Å². The molecule has 0 N–H and O–H groups in total. The minimum absolute atomic E-state index is 0.466. The predicted octanol–water partition coefficient (Wildman–Crippen LogP) is 3.43. The second-order valence-electron chi connectivity index (χ2n) is 2.37. The van der Waals surface area contributed by atoms with Crippen molar-refractivity contribution in [3.63, 3.8) is 0 Å². The SMILES string of the molecule is N#Cc1cnc(Cl)c2cc(I)sc12. The minimum atomic E-state index is 0.466. The zero-order valence-electron chi connectivity index (χ0n) is 6.21. The van der Waals surface area contributed by atoms with Crippen LogP contribution in [-0.4, -0.2) is 4.98 Å². The number of fused-ring (bicyclic) bond motifs is 1. The van der Waals surface area contributed by atoms with Gasteiger partial charge in [0.2, 0.25) is 0 Å². The van der Waals surface area contributed by atoms with Crippen molar-refractivity contribution in [3.8, 4) is 6.07 Å². The zero-order chi connectivity index (χ0) is 9.42. The second kappa shape index (κ2) is 3.40. The van der Waals surface area contributed by atoms with Gasteiger partial charge in [0.1, 0.15) is 11.2 Å². The topological polar surface area (TPSA) is 36.7 Å². The van der Waals surface area contributed by atoms with Crippen molar-refractivity contribution in [1.29, 1.82) is 5.26 Å². The third-order valence-electron chi connectivity index (χ3n) is 1.60. The number of thiophene rings is 1. The van der Waals surface area contributed by atoms with E-state index in [1.165, 1.54) is 6.20 Å². The summed E-state index contributed by atoms with van der Waals surface area (Å²) in [6.07, 6.45) is 1.51. The van der Waals surface area contributed by atoms with Crippen LogP contribution in [0.3, 0.4) is 0 Å². The van der Waals surface area contributed by atoms with Crippen LogP contribution in [0.15, 0.2) is 12.3 Å². The van der Waals surface area contributed by atoms with Crippen LogP contribution in [0.25, 0.3) is 10.1 Å². The molecule has 64 valence electrons. The molecule has 0 bridgehead atoms. The van der Waals surface area contributed by atoms with Gasteiger partial charge >= 0.3 is 0 Å². The lowest BCUT2D eigenvalue weighted by atomic mass is 10.2. The van der Waals surface area contributed by atoms with Crippen molar-refractivity contribution >= 4 is 55.6 Å². The van der Waals surface area contributed by atoms with Gasteiger partial charge in [0.15, 0.2) is 0 Å². The van der Waals surface area contributed by atoms with E-state index in [1.807, 2.05) is 6.07 Å². The lowest BCUT2D eigenvalue weighted by Crippen LogP contribution is -1.79. The summed E-state index contributed by atoms with van der Waals surface area (Å²) in [4.78, 5) is 3.94. The van der Waals surface area contributed by atoms with Gasteiger partial charge in [0.25, 0.3) is 0 Å². The standard InChI is InChI=1S/C8H2ClIN2S/c9-8-5-1-6(10)13-7(5)4(2-11)3-12-8/h1,3H. The van der Waals surface area contributed by atoms with Gasteiger partial charge in [0.05, 0.1) is 13.1 Å². The molecular weight excluding hydrogens is 319 g/mol. The lowest BCUT2D eigenvalue weighted by molar-refractivity contribution is 1.34. The van der Waals surface area contributed by atoms with Crippen molar-refractivity contribution in [3.05, 3.63) is 25.9 Å². The molecule has 2 rings (SSSR count). The van der Waals surface area contributed by atoms with Crippen molar-refractivity contribution in [1.82, 2.24) is 4.98 Å². The maximum absolute atomic E-state index is 8.81. The molecule has 0 saturated heterocycles.